The largest absolute Gasteiger partial charge is 0.511 e. The highest BCUT2D eigenvalue weighted by molar-refractivity contribution is 7.90. The fourth-order valence-corrected chi connectivity index (χ4v) is 3.70. The zero-order chi connectivity index (χ0) is 18.7. The third-order valence-electron chi connectivity index (χ3n) is 4.29. The molecule has 0 saturated carbocycles. The van der Waals surface area contributed by atoms with E-state index in [1.165, 1.54) is 0 Å². The zero-order valence-electron chi connectivity index (χ0n) is 14.4. The number of guanidine groups is 1. The molecule has 0 radical (unpaired) electrons. The van der Waals surface area contributed by atoms with E-state index in [-0.39, 0.29) is 24.5 Å². The van der Waals surface area contributed by atoms with Gasteiger partial charge in [-0.3, -0.25) is 4.99 Å². The van der Waals surface area contributed by atoms with Crippen molar-refractivity contribution in [3.05, 3.63) is 0 Å². The van der Waals surface area contributed by atoms with Crippen LogP contribution in [0.1, 0.15) is 26.7 Å². The fourth-order valence-electron chi connectivity index (χ4n) is 2.71. The molecule has 0 atom stereocenters. The summed E-state index contributed by atoms with van der Waals surface area (Å²) in [7, 11) is -5.24. The van der Waals surface area contributed by atoms with Crippen molar-refractivity contribution in [1.29, 1.82) is 0 Å². The minimum absolute atomic E-state index is 0.0203. The molecule has 0 aromatic rings. The summed E-state index contributed by atoms with van der Waals surface area (Å²) < 4.78 is 66.3. The quantitative estimate of drug-likeness (QED) is 0.542. The highest BCUT2D eigenvalue weighted by Crippen LogP contribution is 2.29. The smallest absolute Gasteiger partial charge is 0.380 e. The highest BCUT2D eigenvalue weighted by atomic mass is 32.2. The van der Waals surface area contributed by atoms with Crippen LogP contribution in [0.3, 0.4) is 0 Å². The Hall–Kier alpha value is -1.07. The van der Waals surface area contributed by atoms with Crippen molar-refractivity contribution >= 4 is 16.0 Å². The van der Waals surface area contributed by atoms with E-state index in [0.29, 0.717) is 49.4 Å². The Morgan fingerprint density at radius 3 is 2.36 bits per heavy atom. The van der Waals surface area contributed by atoms with Crippen LogP contribution >= 0.6 is 0 Å². The lowest BCUT2D eigenvalue weighted by atomic mass is 9.89. The molecular formula is C14H25F3N4O3S. The number of hydrogen-bond donors (Lipinski definition) is 2. The molecular weight excluding hydrogens is 361 g/mol. The molecule has 0 unspecified atom stereocenters. The van der Waals surface area contributed by atoms with Crippen molar-refractivity contribution in [1.82, 2.24) is 14.9 Å². The van der Waals surface area contributed by atoms with Gasteiger partial charge in [0.1, 0.15) is 0 Å². The fraction of sp³-hybridized carbons (Fsp3) is 0.929. The SMILES string of the molecule is CCNC(=NCC1(C)COC1)NC1CCN(S(=O)(=O)C(F)(F)F)CC1. The summed E-state index contributed by atoms with van der Waals surface area (Å²) in [5.74, 6) is 0.591. The number of nitrogens with one attached hydrogen (secondary N) is 2. The topological polar surface area (TPSA) is 83.0 Å². The number of piperidine rings is 1. The molecule has 2 aliphatic rings. The van der Waals surface area contributed by atoms with Crippen molar-refractivity contribution in [2.24, 2.45) is 10.4 Å². The van der Waals surface area contributed by atoms with Gasteiger partial charge < -0.3 is 15.4 Å². The number of alkyl halides is 3. The van der Waals surface area contributed by atoms with Crippen molar-refractivity contribution in [3.63, 3.8) is 0 Å². The Labute approximate surface area is 146 Å². The summed E-state index contributed by atoms with van der Waals surface area (Å²) in [6, 6.07) is -0.122. The van der Waals surface area contributed by atoms with Crippen LogP contribution in [0.15, 0.2) is 4.99 Å². The zero-order valence-corrected chi connectivity index (χ0v) is 15.2. The number of halogens is 3. The first-order valence-electron chi connectivity index (χ1n) is 8.26. The third kappa shape index (κ3) is 4.98. The van der Waals surface area contributed by atoms with E-state index in [1.807, 2.05) is 6.92 Å². The molecule has 2 aliphatic heterocycles. The average molecular weight is 386 g/mol. The van der Waals surface area contributed by atoms with Crippen LogP contribution in [0, 0.1) is 5.41 Å². The van der Waals surface area contributed by atoms with Crippen LogP contribution in [0.2, 0.25) is 0 Å². The van der Waals surface area contributed by atoms with Gasteiger partial charge in [0.2, 0.25) is 0 Å². The molecule has 7 nitrogen and oxygen atoms in total. The van der Waals surface area contributed by atoms with Gasteiger partial charge in [-0.25, -0.2) is 8.42 Å². The molecule has 25 heavy (non-hydrogen) atoms. The van der Waals surface area contributed by atoms with E-state index in [2.05, 4.69) is 22.5 Å². The second-order valence-corrected chi connectivity index (χ2v) is 8.70. The first-order chi connectivity index (χ1) is 11.6. The molecule has 0 aromatic heterocycles. The maximum absolute atomic E-state index is 12.6. The molecule has 0 amide bonds. The standard InChI is InChI=1S/C14H25F3N4O3S/c1-3-18-12(19-8-13(2)9-24-10-13)20-11-4-6-21(7-5-11)25(22,23)14(15,16)17/h11H,3-10H2,1-2H3,(H2,18,19,20). The van der Waals surface area contributed by atoms with Gasteiger partial charge in [-0.2, -0.15) is 17.5 Å². The van der Waals surface area contributed by atoms with Crippen LogP contribution in [-0.2, 0) is 14.8 Å². The first kappa shape index (κ1) is 20.2. The summed E-state index contributed by atoms with van der Waals surface area (Å²) in [6.45, 7) is 6.22. The predicted octanol–water partition coefficient (Wildman–Crippen LogP) is 0.892. The summed E-state index contributed by atoms with van der Waals surface area (Å²) in [6.07, 6.45) is 0.584. The molecule has 0 aliphatic carbocycles. The number of hydrogen-bond acceptors (Lipinski definition) is 4. The Kier molecular flexibility index (Phi) is 6.21. The van der Waals surface area contributed by atoms with E-state index in [9.17, 15) is 21.6 Å². The molecule has 0 spiro atoms. The summed E-state index contributed by atoms with van der Waals surface area (Å²) in [5.41, 5.74) is -5.23. The first-order valence-corrected chi connectivity index (χ1v) is 9.70. The minimum atomic E-state index is -5.25. The van der Waals surface area contributed by atoms with Gasteiger partial charge in [0.25, 0.3) is 0 Å². The molecule has 146 valence electrons. The Morgan fingerprint density at radius 1 is 1.32 bits per heavy atom. The minimum Gasteiger partial charge on any atom is -0.380 e. The van der Waals surface area contributed by atoms with E-state index in [1.54, 1.807) is 0 Å². The van der Waals surface area contributed by atoms with E-state index >= 15 is 0 Å². The number of nitrogens with zero attached hydrogens (tertiary/aromatic N) is 2. The van der Waals surface area contributed by atoms with Gasteiger partial charge >= 0.3 is 15.5 Å². The van der Waals surface area contributed by atoms with Crippen molar-refractivity contribution in [3.8, 4) is 0 Å². The highest BCUT2D eigenvalue weighted by Gasteiger charge is 2.50. The molecule has 0 aromatic carbocycles. The van der Waals surface area contributed by atoms with Crippen LogP contribution in [0.4, 0.5) is 13.2 Å². The summed E-state index contributed by atoms with van der Waals surface area (Å²) >= 11 is 0. The number of ether oxygens (including phenoxy) is 1. The molecule has 2 rings (SSSR count). The van der Waals surface area contributed by atoms with E-state index in [0.717, 1.165) is 0 Å². The van der Waals surface area contributed by atoms with Gasteiger partial charge in [0.15, 0.2) is 5.96 Å². The summed E-state index contributed by atoms with van der Waals surface area (Å²) in [4.78, 5) is 4.51. The Morgan fingerprint density at radius 2 is 1.92 bits per heavy atom. The normalized spacial score (nSPS) is 23.2. The van der Waals surface area contributed by atoms with Gasteiger partial charge in [-0.15, -0.1) is 0 Å². The van der Waals surface area contributed by atoms with Crippen LogP contribution < -0.4 is 10.6 Å². The molecule has 2 heterocycles. The molecule has 2 N–H and O–H groups in total. The van der Waals surface area contributed by atoms with E-state index in [4.69, 9.17) is 4.74 Å². The number of aliphatic imine (C=N–C) groups is 1. The van der Waals surface area contributed by atoms with Gasteiger partial charge in [-0.05, 0) is 19.8 Å². The van der Waals surface area contributed by atoms with Crippen molar-refractivity contribution in [2.45, 2.75) is 38.2 Å². The second kappa shape index (κ2) is 7.67. The summed E-state index contributed by atoms with van der Waals surface area (Å²) in [5, 5.41) is 6.29. The average Bonchev–Trinajstić information content (AvgIpc) is 2.50. The lowest BCUT2D eigenvalue weighted by Crippen LogP contribution is -2.52. The Bertz CT molecular complexity index is 583. The Balaban J connectivity index is 1.89. The number of sulfonamides is 1. The van der Waals surface area contributed by atoms with Gasteiger partial charge in [0.05, 0.1) is 19.8 Å². The maximum Gasteiger partial charge on any atom is 0.511 e. The van der Waals surface area contributed by atoms with Crippen LogP contribution in [0.5, 0.6) is 0 Å². The molecule has 0 bridgehead atoms. The lowest BCUT2D eigenvalue weighted by molar-refractivity contribution is -0.0945. The van der Waals surface area contributed by atoms with Gasteiger partial charge in [0, 0.05) is 31.1 Å². The maximum atomic E-state index is 12.6. The third-order valence-corrected chi connectivity index (χ3v) is 5.92. The van der Waals surface area contributed by atoms with Crippen molar-refractivity contribution < 1.29 is 26.3 Å². The van der Waals surface area contributed by atoms with Crippen LogP contribution in [-0.4, -0.2) is 69.6 Å². The van der Waals surface area contributed by atoms with Crippen LogP contribution in [0.25, 0.3) is 0 Å². The molecule has 11 heteroatoms. The lowest BCUT2D eigenvalue weighted by Gasteiger charge is -2.37. The number of rotatable bonds is 5. The molecule has 2 fully saturated rings. The van der Waals surface area contributed by atoms with Gasteiger partial charge in [-0.1, -0.05) is 6.92 Å². The molecule has 2 saturated heterocycles. The van der Waals surface area contributed by atoms with E-state index < -0.39 is 15.5 Å². The monoisotopic (exact) mass is 386 g/mol. The second-order valence-electron chi connectivity index (χ2n) is 6.77. The predicted molar refractivity (Wildman–Crippen MR) is 87.6 cm³/mol. The van der Waals surface area contributed by atoms with Crippen molar-refractivity contribution in [2.75, 3.05) is 39.4 Å².